The molecule has 1 nitrogen and oxygen atoms in total. The molecule has 0 fully saturated rings. The van der Waals surface area contributed by atoms with Crippen LogP contribution in [0, 0.1) is 6.07 Å². The summed E-state index contributed by atoms with van der Waals surface area (Å²) in [6, 6.07) is 23.5. The van der Waals surface area contributed by atoms with Crippen LogP contribution in [0.3, 0.4) is 0 Å². The summed E-state index contributed by atoms with van der Waals surface area (Å²) in [7, 11) is 0. The number of nitrogens with zero attached hydrogens (tertiary/aromatic N) is 1. The average molecular weight is 483 g/mol. The third-order valence-corrected chi connectivity index (χ3v) is 3.63. The molecule has 3 heteroatoms. The fraction of sp³-hybridized carbons (Fsp3) is 0.150. The summed E-state index contributed by atoms with van der Waals surface area (Å²) >= 11 is 0. The summed E-state index contributed by atoms with van der Waals surface area (Å²) in [6.07, 6.45) is 3.16. The minimum absolute atomic E-state index is 0. The molecule has 0 amide bonds. The summed E-state index contributed by atoms with van der Waals surface area (Å²) in [5, 5.41) is 0. The van der Waals surface area contributed by atoms with E-state index in [2.05, 4.69) is 41.4 Å². The van der Waals surface area contributed by atoms with Gasteiger partial charge < -0.3 is 4.98 Å². The topological polar surface area (TPSA) is 12.9 Å². The molecule has 0 atom stereocenters. The maximum Gasteiger partial charge on any atom is 0.0897 e. The standard InChI is InChI=1S/C20H17FN.Ir/c21-13-4-5-16-9-11-17(12-10-16)18-6-3-7-19(15-18)20-8-1-2-14-22-20;/h1-3,6,8-12,14-15H,4-5,13H2;/q-1;. The number of aryl methyl sites for hydroxylation is 1. The SMILES string of the molecule is FCCCc1ccc(-c2cc[c-]c(-c3ccccn3)c2)cc1.[Ir]. The number of pyridine rings is 1. The molecular weight excluding hydrogens is 465 g/mol. The molecule has 23 heavy (non-hydrogen) atoms. The molecule has 0 aliphatic heterocycles. The van der Waals surface area contributed by atoms with Crippen LogP contribution in [0.2, 0.25) is 0 Å². The number of hydrogen-bond donors (Lipinski definition) is 0. The molecule has 2 aromatic carbocycles. The van der Waals surface area contributed by atoms with E-state index in [9.17, 15) is 4.39 Å². The van der Waals surface area contributed by atoms with E-state index in [1.165, 1.54) is 5.56 Å². The van der Waals surface area contributed by atoms with Gasteiger partial charge in [-0.1, -0.05) is 36.4 Å². The van der Waals surface area contributed by atoms with Crippen LogP contribution in [-0.2, 0) is 26.5 Å². The van der Waals surface area contributed by atoms with Gasteiger partial charge in [-0.25, -0.2) is 0 Å². The predicted molar refractivity (Wildman–Crippen MR) is 88.2 cm³/mol. The summed E-state index contributed by atoms with van der Waals surface area (Å²) in [6.45, 7) is -0.260. The van der Waals surface area contributed by atoms with Gasteiger partial charge in [-0.15, -0.1) is 35.4 Å². The van der Waals surface area contributed by atoms with Crippen LogP contribution in [0.4, 0.5) is 4.39 Å². The van der Waals surface area contributed by atoms with Crippen molar-refractivity contribution in [1.29, 1.82) is 0 Å². The zero-order valence-corrected chi connectivity index (χ0v) is 15.0. The third-order valence-electron chi connectivity index (χ3n) is 3.63. The van der Waals surface area contributed by atoms with Crippen molar-refractivity contribution in [3.63, 3.8) is 0 Å². The monoisotopic (exact) mass is 483 g/mol. The summed E-state index contributed by atoms with van der Waals surface area (Å²) < 4.78 is 12.2. The number of hydrogen-bond acceptors (Lipinski definition) is 1. The Morgan fingerprint density at radius 2 is 1.78 bits per heavy atom. The quantitative estimate of drug-likeness (QED) is 0.461. The van der Waals surface area contributed by atoms with E-state index >= 15 is 0 Å². The molecular formula is C20H17FIrN-. The molecule has 1 radical (unpaired) electrons. The minimum Gasteiger partial charge on any atom is -0.305 e. The van der Waals surface area contributed by atoms with Gasteiger partial charge in [0.2, 0.25) is 0 Å². The Morgan fingerprint density at radius 3 is 2.48 bits per heavy atom. The second-order valence-corrected chi connectivity index (χ2v) is 5.20. The zero-order valence-electron chi connectivity index (χ0n) is 12.6. The van der Waals surface area contributed by atoms with Gasteiger partial charge in [-0.3, -0.25) is 4.39 Å². The molecule has 0 saturated heterocycles. The van der Waals surface area contributed by atoms with Crippen molar-refractivity contribution in [3.05, 3.63) is 78.5 Å². The Bertz CT molecular complexity index is 726. The molecule has 3 rings (SSSR count). The zero-order chi connectivity index (χ0) is 15.2. The fourth-order valence-electron chi connectivity index (χ4n) is 2.45. The number of aromatic nitrogens is 1. The summed E-state index contributed by atoms with van der Waals surface area (Å²) in [5.41, 5.74) is 5.36. The molecule has 0 aliphatic carbocycles. The van der Waals surface area contributed by atoms with Crippen molar-refractivity contribution in [2.24, 2.45) is 0 Å². The normalized spacial score (nSPS) is 10.1. The van der Waals surface area contributed by atoms with Crippen molar-refractivity contribution in [3.8, 4) is 22.4 Å². The van der Waals surface area contributed by atoms with E-state index < -0.39 is 0 Å². The van der Waals surface area contributed by atoms with Gasteiger partial charge in [0, 0.05) is 26.3 Å². The van der Waals surface area contributed by atoms with Crippen LogP contribution < -0.4 is 0 Å². The second-order valence-electron chi connectivity index (χ2n) is 5.20. The number of alkyl halides is 1. The van der Waals surface area contributed by atoms with Gasteiger partial charge in [0.1, 0.15) is 0 Å². The van der Waals surface area contributed by atoms with Gasteiger partial charge in [-0.05, 0) is 35.7 Å². The van der Waals surface area contributed by atoms with Crippen LogP contribution in [0.15, 0.2) is 66.9 Å². The smallest absolute Gasteiger partial charge is 0.0897 e. The third kappa shape index (κ3) is 4.57. The predicted octanol–water partition coefficient (Wildman–Crippen LogP) is 5.12. The van der Waals surface area contributed by atoms with Crippen molar-refractivity contribution in [2.45, 2.75) is 12.8 Å². The Kier molecular flexibility index (Phi) is 6.64. The summed E-state index contributed by atoms with van der Waals surface area (Å²) in [5.74, 6) is 0. The van der Waals surface area contributed by atoms with Crippen LogP contribution in [0.25, 0.3) is 22.4 Å². The number of rotatable bonds is 5. The van der Waals surface area contributed by atoms with Gasteiger partial charge in [0.25, 0.3) is 0 Å². The van der Waals surface area contributed by atoms with Gasteiger partial charge in [0.05, 0.1) is 6.67 Å². The molecule has 0 aliphatic rings. The van der Waals surface area contributed by atoms with Gasteiger partial charge in [-0.2, -0.15) is 0 Å². The number of halogens is 1. The molecule has 0 spiro atoms. The number of benzene rings is 2. The van der Waals surface area contributed by atoms with Crippen LogP contribution in [0.5, 0.6) is 0 Å². The second kappa shape index (κ2) is 8.71. The van der Waals surface area contributed by atoms with Gasteiger partial charge in [0.15, 0.2) is 0 Å². The average Bonchev–Trinajstić information content (AvgIpc) is 2.61. The van der Waals surface area contributed by atoms with E-state index in [4.69, 9.17) is 0 Å². The first-order valence-corrected chi connectivity index (χ1v) is 7.45. The maximum absolute atomic E-state index is 12.2. The van der Waals surface area contributed by atoms with E-state index in [1.807, 2.05) is 30.3 Å². The molecule has 119 valence electrons. The molecule has 0 N–H and O–H groups in total. The van der Waals surface area contributed by atoms with E-state index in [-0.39, 0.29) is 26.8 Å². The summed E-state index contributed by atoms with van der Waals surface area (Å²) in [4.78, 5) is 4.36. The Balaban J connectivity index is 0.00000192. The van der Waals surface area contributed by atoms with E-state index in [0.717, 1.165) is 28.8 Å². The molecule has 0 unspecified atom stereocenters. The van der Waals surface area contributed by atoms with Gasteiger partial charge >= 0.3 is 0 Å². The van der Waals surface area contributed by atoms with Crippen molar-refractivity contribution in [2.75, 3.05) is 6.67 Å². The Labute approximate surface area is 150 Å². The van der Waals surface area contributed by atoms with E-state index in [1.54, 1.807) is 6.20 Å². The van der Waals surface area contributed by atoms with Crippen molar-refractivity contribution >= 4 is 0 Å². The van der Waals surface area contributed by atoms with Crippen LogP contribution in [-0.4, -0.2) is 11.7 Å². The molecule has 3 aromatic rings. The Hall–Kier alpha value is -1.83. The largest absolute Gasteiger partial charge is 0.305 e. The Morgan fingerprint density at radius 1 is 0.957 bits per heavy atom. The first kappa shape index (κ1) is 17.5. The maximum atomic E-state index is 12.2. The first-order valence-electron chi connectivity index (χ1n) is 7.45. The van der Waals surface area contributed by atoms with Crippen molar-refractivity contribution < 1.29 is 24.5 Å². The molecule has 0 saturated carbocycles. The van der Waals surface area contributed by atoms with Crippen LogP contribution >= 0.6 is 0 Å². The first-order chi connectivity index (χ1) is 10.9. The fourth-order valence-corrected chi connectivity index (χ4v) is 2.45. The van der Waals surface area contributed by atoms with Crippen LogP contribution in [0.1, 0.15) is 12.0 Å². The molecule has 0 bridgehead atoms. The minimum atomic E-state index is -0.260. The molecule has 1 aromatic heterocycles. The van der Waals surface area contributed by atoms with E-state index in [0.29, 0.717) is 6.42 Å². The van der Waals surface area contributed by atoms with Crippen molar-refractivity contribution in [1.82, 2.24) is 4.98 Å². The molecule has 1 heterocycles.